The number of allylic oxidation sites excluding steroid dienone is 4. The van der Waals surface area contributed by atoms with Gasteiger partial charge >= 0.3 is 0 Å². The van der Waals surface area contributed by atoms with Crippen molar-refractivity contribution >= 4 is 11.6 Å². The van der Waals surface area contributed by atoms with E-state index in [1.54, 1.807) is 26.0 Å². The van der Waals surface area contributed by atoms with Gasteiger partial charge in [0.2, 0.25) is 0 Å². The molecule has 9 heavy (non-hydrogen) atoms. The van der Waals surface area contributed by atoms with E-state index in [1.807, 2.05) is 0 Å². The molecule has 2 heteroatoms. The predicted molar refractivity (Wildman–Crippen MR) is 39.1 cm³/mol. The van der Waals surface area contributed by atoms with Crippen molar-refractivity contribution in [2.45, 2.75) is 20.3 Å². The van der Waals surface area contributed by atoms with Crippen LogP contribution in [0, 0.1) is 0 Å². The van der Waals surface area contributed by atoms with Crippen LogP contribution in [0.25, 0.3) is 0 Å². The van der Waals surface area contributed by atoms with Gasteiger partial charge in [-0.1, -0.05) is 24.6 Å². The standard InChI is InChI=1S/C7H10ClF/c1-3-5-6(8)7(9)4-2/h3,5H,4H2,1-2H3. The maximum Gasteiger partial charge on any atom is 0.118 e. The molecule has 0 spiro atoms. The molecule has 0 rings (SSSR count). The van der Waals surface area contributed by atoms with Crippen molar-refractivity contribution in [2.24, 2.45) is 0 Å². The van der Waals surface area contributed by atoms with Gasteiger partial charge in [-0.15, -0.1) is 0 Å². The first-order valence-electron chi connectivity index (χ1n) is 2.89. The van der Waals surface area contributed by atoms with E-state index in [-0.39, 0.29) is 10.9 Å². The topological polar surface area (TPSA) is 0 Å². The molecule has 52 valence electrons. The molecular formula is C7H10ClF. The van der Waals surface area contributed by atoms with Gasteiger partial charge < -0.3 is 0 Å². The molecule has 0 aromatic rings. The lowest BCUT2D eigenvalue weighted by atomic mass is 10.3. The second-order valence-electron chi connectivity index (χ2n) is 1.61. The second kappa shape index (κ2) is 4.57. The van der Waals surface area contributed by atoms with Gasteiger partial charge in [0.1, 0.15) is 5.83 Å². The normalized spacial score (nSPS) is 14.2. The summed E-state index contributed by atoms with van der Waals surface area (Å²) in [7, 11) is 0. The molecule has 0 aliphatic rings. The fourth-order valence-corrected chi connectivity index (χ4v) is 0.665. The molecule has 0 aliphatic heterocycles. The summed E-state index contributed by atoms with van der Waals surface area (Å²) in [6, 6.07) is 0. The van der Waals surface area contributed by atoms with Crippen LogP contribution in [-0.4, -0.2) is 0 Å². The van der Waals surface area contributed by atoms with Crippen molar-refractivity contribution in [3.63, 3.8) is 0 Å². The van der Waals surface area contributed by atoms with Crippen LogP contribution in [0.5, 0.6) is 0 Å². The fraction of sp³-hybridized carbons (Fsp3) is 0.429. The Labute approximate surface area is 60.0 Å². The summed E-state index contributed by atoms with van der Waals surface area (Å²) in [4.78, 5) is 0. The summed E-state index contributed by atoms with van der Waals surface area (Å²) in [6.45, 7) is 3.52. The minimum atomic E-state index is -0.255. The number of rotatable bonds is 2. The van der Waals surface area contributed by atoms with E-state index in [2.05, 4.69) is 0 Å². The van der Waals surface area contributed by atoms with Gasteiger partial charge in [-0.25, -0.2) is 4.39 Å². The van der Waals surface area contributed by atoms with E-state index in [0.29, 0.717) is 6.42 Å². The highest BCUT2D eigenvalue weighted by molar-refractivity contribution is 6.31. The van der Waals surface area contributed by atoms with Crippen LogP contribution in [0.1, 0.15) is 20.3 Å². The average molecular weight is 149 g/mol. The van der Waals surface area contributed by atoms with Crippen LogP contribution in [-0.2, 0) is 0 Å². The van der Waals surface area contributed by atoms with Crippen molar-refractivity contribution in [1.29, 1.82) is 0 Å². The molecule has 0 nitrogen and oxygen atoms in total. The summed E-state index contributed by atoms with van der Waals surface area (Å²) >= 11 is 5.45. The van der Waals surface area contributed by atoms with E-state index in [4.69, 9.17) is 11.6 Å². The molecule has 0 fully saturated rings. The first-order valence-corrected chi connectivity index (χ1v) is 3.27. The summed E-state index contributed by atoms with van der Waals surface area (Å²) in [6.07, 6.45) is 3.61. The zero-order chi connectivity index (χ0) is 7.28. The third-order valence-corrected chi connectivity index (χ3v) is 1.21. The Morgan fingerprint density at radius 1 is 1.67 bits per heavy atom. The maximum absolute atomic E-state index is 12.4. The van der Waals surface area contributed by atoms with Crippen LogP contribution in [0.3, 0.4) is 0 Å². The molecule has 0 bridgehead atoms. The van der Waals surface area contributed by atoms with Crippen molar-refractivity contribution < 1.29 is 4.39 Å². The van der Waals surface area contributed by atoms with E-state index in [0.717, 1.165) is 0 Å². The third kappa shape index (κ3) is 3.31. The SMILES string of the molecule is CC=CC(Cl)=C(F)CC. The number of halogens is 2. The Bertz CT molecular complexity index is 136. The molecule has 0 N–H and O–H groups in total. The smallest absolute Gasteiger partial charge is 0.118 e. The Hall–Kier alpha value is -0.300. The van der Waals surface area contributed by atoms with E-state index in [9.17, 15) is 4.39 Å². The first-order chi connectivity index (χ1) is 4.22. The fourth-order valence-electron chi connectivity index (χ4n) is 0.406. The van der Waals surface area contributed by atoms with E-state index in [1.165, 1.54) is 0 Å². The molecule has 0 amide bonds. The van der Waals surface area contributed by atoms with E-state index < -0.39 is 0 Å². The lowest BCUT2D eigenvalue weighted by molar-refractivity contribution is 0.602. The van der Waals surface area contributed by atoms with Gasteiger partial charge in [-0.2, -0.15) is 0 Å². The molecule has 0 unspecified atom stereocenters. The zero-order valence-electron chi connectivity index (χ0n) is 5.62. The first kappa shape index (κ1) is 8.70. The summed E-state index contributed by atoms with van der Waals surface area (Å²) in [5.74, 6) is -0.255. The molecule has 0 saturated heterocycles. The van der Waals surface area contributed by atoms with E-state index >= 15 is 0 Å². The lowest BCUT2D eigenvalue weighted by Gasteiger charge is -1.90. The number of hydrogen-bond donors (Lipinski definition) is 0. The van der Waals surface area contributed by atoms with Crippen molar-refractivity contribution in [3.05, 3.63) is 23.0 Å². The second-order valence-corrected chi connectivity index (χ2v) is 2.01. The minimum Gasteiger partial charge on any atom is -0.210 e. The Balaban J connectivity index is 4.10. The van der Waals surface area contributed by atoms with Gasteiger partial charge in [0.25, 0.3) is 0 Å². The van der Waals surface area contributed by atoms with Crippen molar-refractivity contribution in [2.75, 3.05) is 0 Å². The number of hydrogen-bond acceptors (Lipinski definition) is 0. The molecule has 0 aromatic heterocycles. The highest BCUT2D eigenvalue weighted by atomic mass is 35.5. The van der Waals surface area contributed by atoms with Crippen molar-refractivity contribution in [3.8, 4) is 0 Å². The zero-order valence-corrected chi connectivity index (χ0v) is 6.37. The predicted octanol–water partition coefficient (Wildman–Crippen LogP) is 3.39. The van der Waals surface area contributed by atoms with Gasteiger partial charge in [-0.3, -0.25) is 0 Å². The Kier molecular flexibility index (Phi) is 4.41. The van der Waals surface area contributed by atoms with Crippen LogP contribution in [0.4, 0.5) is 4.39 Å². The maximum atomic E-state index is 12.4. The van der Waals surface area contributed by atoms with Gasteiger partial charge in [0, 0.05) is 0 Å². The van der Waals surface area contributed by atoms with Crippen LogP contribution in [0.2, 0.25) is 0 Å². The highest BCUT2D eigenvalue weighted by Crippen LogP contribution is 2.14. The molecule has 0 radical (unpaired) electrons. The third-order valence-electron chi connectivity index (χ3n) is 0.883. The molecular weight excluding hydrogens is 139 g/mol. The minimum absolute atomic E-state index is 0.208. The summed E-state index contributed by atoms with van der Waals surface area (Å²) in [5, 5.41) is 0.208. The highest BCUT2D eigenvalue weighted by Gasteiger charge is 1.94. The molecule has 0 aliphatic carbocycles. The Morgan fingerprint density at radius 2 is 2.22 bits per heavy atom. The van der Waals surface area contributed by atoms with Gasteiger partial charge in [0.05, 0.1) is 5.03 Å². The van der Waals surface area contributed by atoms with Crippen LogP contribution < -0.4 is 0 Å². The Morgan fingerprint density at radius 3 is 2.56 bits per heavy atom. The van der Waals surface area contributed by atoms with Gasteiger partial charge in [0.15, 0.2) is 0 Å². The van der Waals surface area contributed by atoms with Crippen LogP contribution in [0.15, 0.2) is 23.0 Å². The molecule has 0 saturated carbocycles. The summed E-state index contributed by atoms with van der Waals surface area (Å²) in [5.41, 5.74) is 0. The molecule has 0 heterocycles. The largest absolute Gasteiger partial charge is 0.210 e. The van der Waals surface area contributed by atoms with Crippen LogP contribution >= 0.6 is 11.6 Å². The summed E-state index contributed by atoms with van der Waals surface area (Å²) < 4.78 is 12.4. The lowest BCUT2D eigenvalue weighted by Crippen LogP contribution is -1.71. The van der Waals surface area contributed by atoms with Gasteiger partial charge in [-0.05, 0) is 19.4 Å². The van der Waals surface area contributed by atoms with Crippen molar-refractivity contribution in [1.82, 2.24) is 0 Å². The quantitative estimate of drug-likeness (QED) is 0.527. The average Bonchev–Trinajstić information content (AvgIpc) is 1.87. The molecule has 0 atom stereocenters. The monoisotopic (exact) mass is 148 g/mol. The molecule has 0 aromatic carbocycles.